The number of nitrogens with two attached hydrogens (primary N) is 1. The van der Waals surface area contributed by atoms with Crippen molar-refractivity contribution in [1.29, 1.82) is 0 Å². The smallest absolute Gasteiger partial charge is 0.217 e. The van der Waals surface area contributed by atoms with Crippen LogP contribution in [0.1, 0.15) is 32.6 Å². The van der Waals surface area contributed by atoms with Gasteiger partial charge in [0, 0.05) is 19.0 Å². The van der Waals surface area contributed by atoms with Gasteiger partial charge in [-0.15, -0.1) is 0 Å². The van der Waals surface area contributed by atoms with Crippen molar-refractivity contribution in [3.63, 3.8) is 0 Å². The third-order valence-corrected chi connectivity index (χ3v) is 2.21. The van der Waals surface area contributed by atoms with Crippen LogP contribution in [0.5, 0.6) is 0 Å². The summed E-state index contributed by atoms with van der Waals surface area (Å²) in [6.07, 6.45) is 4.49. The third-order valence-electron chi connectivity index (χ3n) is 2.21. The van der Waals surface area contributed by atoms with Crippen LogP contribution in [0.2, 0.25) is 0 Å². The first kappa shape index (κ1) is 8.53. The van der Waals surface area contributed by atoms with Gasteiger partial charge in [-0.05, 0) is 12.8 Å². The first-order valence-corrected chi connectivity index (χ1v) is 4.23. The molecule has 11 heavy (non-hydrogen) atoms. The van der Waals surface area contributed by atoms with Crippen LogP contribution in [-0.4, -0.2) is 18.0 Å². The second-order valence-corrected chi connectivity index (χ2v) is 3.26. The van der Waals surface area contributed by atoms with Crippen LogP contribution in [-0.2, 0) is 4.79 Å². The van der Waals surface area contributed by atoms with Gasteiger partial charge in [0.05, 0.1) is 0 Å². The van der Waals surface area contributed by atoms with E-state index in [0.717, 1.165) is 12.8 Å². The number of carbonyl (C=O) groups is 1. The van der Waals surface area contributed by atoms with Crippen molar-refractivity contribution >= 4 is 5.91 Å². The molecule has 1 rings (SSSR count). The molecule has 0 saturated heterocycles. The lowest BCUT2D eigenvalue weighted by Gasteiger charge is -2.28. The molecule has 0 heterocycles. The number of hydrogen-bond donors (Lipinski definition) is 2. The van der Waals surface area contributed by atoms with Crippen molar-refractivity contribution in [2.45, 2.75) is 44.7 Å². The highest BCUT2D eigenvalue weighted by Gasteiger charge is 2.21. The molecular formula is C8H16N2O. The maximum absolute atomic E-state index is 10.7. The highest BCUT2D eigenvalue weighted by Crippen LogP contribution is 2.16. The lowest BCUT2D eigenvalue weighted by atomic mass is 9.91. The van der Waals surface area contributed by atoms with Crippen LogP contribution in [0.25, 0.3) is 0 Å². The third kappa shape index (κ3) is 2.50. The van der Waals surface area contributed by atoms with Gasteiger partial charge in [-0.3, -0.25) is 4.79 Å². The van der Waals surface area contributed by atoms with Gasteiger partial charge in [0.1, 0.15) is 0 Å². The number of rotatable bonds is 1. The van der Waals surface area contributed by atoms with E-state index in [1.54, 1.807) is 6.92 Å². The molecule has 1 amide bonds. The van der Waals surface area contributed by atoms with E-state index in [2.05, 4.69) is 5.32 Å². The zero-order valence-corrected chi connectivity index (χ0v) is 6.97. The molecule has 3 heteroatoms. The Balaban J connectivity index is 2.35. The number of amides is 1. The fourth-order valence-corrected chi connectivity index (χ4v) is 1.60. The summed E-state index contributed by atoms with van der Waals surface area (Å²) in [4.78, 5) is 10.7. The second-order valence-electron chi connectivity index (χ2n) is 3.26. The summed E-state index contributed by atoms with van der Waals surface area (Å²) >= 11 is 0. The lowest BCUT2D eigenvalue weighted by molar-refractivity contribution is -0.120. The molecule has 3 nitrogen and oxygen atoms in total. The molecule has 0 radical (unpaired) electrons. The highest BCUT2D eigenvalue weighted by molar-refractivity contribution is 5.73. The van der Waals surface area contributed by atoms with Gasteiger partial charge < -0.3 is 11.1 Å². The van der Waals surface area contributed by atoms with E-state index in [0.29, 0.717) is 0 Å². The summed E-state index contributed by atoms with van der Waals surface area (Å²) in [5.74, 6) is 0.0346. The number of nitrogens with one attached hydrogen (secondary N) is 1. The quantitative estimate of drug-likeness (QED) is 0.577. The highest BCUT2D eigenvalue weighted by atomic mass is 16.1. The van der Waals surface area contributed by atoms with E-state index >= 15 is 0 Å². The molecule has 1 aliphatic carbocycles. The molecule has 0 aromatic carbocycles. The largest absolute Gasteiger partial charge is 0.352 e. The van der Waals surface area contributed by atoms with E-state index in [-0.39, 0.29) is 18.0 Å². The monoisotopic (exact) mass is 156 g/mol. The Morgan fingerprint density at radius 2 is 2.09 bits per heavy atom. The molecule has 64 valence electrons. The topological polar surface area (TPSA) is 55.1 Å². The number of carbonyl (C=O) groups excluding carboxylic acids is 1. The zero-order valence-electron chi connectivity index (χ0n) is 6.97. The van der Waals surface area contributed by atoms with Gasteiger partial charge in [-0.25, -0.2) is 0 Å². The first-order valence-electron chi connectivity index (χ1n) is 4.23. The fourth-order valence-electron chi connectivity index (χ4n) is 1.60. The SMILES string of the molecule is CC(=O)N[C@@H]1CCCC[C@H]1N. The molecule has 0 aliphatic heterocycles. The molecule has 0 spiro atoms. The summed E-state index contributed by atoms with van der Waals surface area (Å²) in [5.41, 5.74) is 5.81. The second kappa shape index (κ2) is 3.72. The fraction of sp³-hybridized carbons (Fsp3) is 0.875. The molecule has 1 saturated carbocycles. The maximum Gasteiger partial charge on any atom is 0.217 e. The van der Waals surface area contributed by atoms with Gasteiger partial charge in [0.15, 0.2) is 0 Å². The van der Waals surface area contributed by atoms with E-state index in [1.165, 1.54) is 12.8 Å². The Kier molecular flexibility index (Phi) is 2.88. The predicted molar refractivity (Wildman–Crippen MR) is 44.0 cm³/mol. The van der Waals surface area contributed by atoms with Gasteiger partial charge in [0.25, 0.3) is 0 Å². The normalized spacial score (nSPS) is 31.5. The first-order chi connectivity index (χ1) is 5.20. The minimum Gasteiger partial charge on any atom is -0.352 e. The van der Waals surface area contributed by atoms with Crippen molar-refractivity contribution in [2.75, 3.05) is 0 Å². The van der Waals surface area contributed by atoms with Gasteiger partial charge in [-0.1, -0.05) is 12.8 Å². The minimum absolute atomic E-state index is 0.0346. The van der Waals surface area contributed by atoms with Crippen molar-refractivity contribution in [2.24, 2.45) is 5.73 Å². The number of hydrogen-bond acceptors (Lipinski definition) is 2. The average molecular weight is 156 g/mol. The minimum atomic E-state index is 0.0346. The van der Waals surface area contributed by atoms with Crippen LogP contribution in [0.15, 0.2) is 0 Å². The lowest BCUT2D eigenvalue weighted by Crippen LogP contribution is -2.48. The molecule has 3 N–H and O–H groups in total. The summed E-state index contributed by atoms with van der Waals surface area (Å²) in [6, 6.07) is 0.397. The van der Waals surface area contributed by atoms with Crippen LogP contribution in [0, 0.1) is 0 Å². The predicted octanol–water partition coefficient (Wildman–Crippen LogP) is 0.392. The molecule has 0 aromatic heterocycles. The molecule has 0 bridgehead atoms. The Morgan fingerprint density at radius 1 is 1.45 bits per heavy atom. The Morgan fingerprint density at radius 3 is 2.64 bits per heavy atom. The Bertz CT molecular complexity index is 147. The summed E-state index contributed by atoms with van der Waals surface area (Å²) < 4.78 is 0. The van der Waals surface area contributed by atoms with Crippen LogP contribution in [0.3, 0.4) is 0 Å². The average Bonchev–Trinajstić information content (AvgIpc) is 1.93. The molecule has 2 atom stereocenters. The van der Waals surface area contributed by atoms with Crippen molar-refractivity contribution in [3.05, 3.63) is 0 Å². The summed E-state index contributed by atoms with van der Waals surface area (Å²) in [7, 11) is 0. The van der Waals surface area contributed by atoms with E-state index in [9.17, 15) is 4.79 Å². The van der Waals surface area contributed by atoms with Gasteiger partial charge >= 0.3 is 0 Å². The van der Waals surface area contributed by atoms with E-state index in [4.69, 9.17) is 5.73 Å². The molecule has 0 aromatic rings. The summed E-state index contributed by atoms with van der Waals surface area (Å²) in [6.45, 7) is 1.54. The van der Waals surface area contributed by atoms with Crippen LogP contribution < -0.4 is 11.1 Å². The van der Waals surface area contributed by atoms with Gasteiger partial charge in [0.2, 0.25) is 5.91 Å². The van der Waals surface area contributed by atoms with E-state index in [1.807, 2.05) is 0 Å². The Labute approximate surface area is 67.3 Å². The van der Waals surface area contributed by atoms with Crippen molar-refractivity contribution in [3.8, 4) is 0 Å². The van der Waals surface area contributed by atoms with E-state index < -0.39 is 0 Å². The standard InChI is InChI=1S/C8H16N2O/c1-6(11)10-8-5-3-2-4-7(8)9/h7-8H,2-5,9H2,1H3,(H,10,11)/t7-,8-/m1/s1. The molecule has 1 aliphatic rings. The Hall–Kier alpha value is -0.570. The molecule has 1 fully saturated rings. The van der Waals surface area contributed by atoms with Crippen LogP contribution >= 0.6 is 0 Å². The molecular weight excluding hydrogens is 140 g/mol. The van der Waals surface area contributed by atoms with Crippen molar-refractivity contribution in [1.82, 2.24) is 5.32 Å². The molecule has 0 unspecified atom stereocenters. The van der Waals surface area contributed by atoms with Crippen molar-refractivity contribution < 1.29 is 4.79 Å². The zero-order chi connectivity index (χ0) is 8.27. The summed E-state index contributed by atoms with van der Waals surface area (Å²) in [5, 5.41) is 2.87. The maximum atomic E-state index is 10.7. The van der Waals surface area contributed by atoms with Gasteiger partial charge in [-0.2, -0.15) is 0 Å². The van der Waals surface area contributed by atoms with Crippen LogP contribution in [0.4, 0.5) is 0 Å².